The molecule has 29 heavy (non-hydrogen) atoms. The number of para-hydroxylation sites is 1. The van der Waals surface area contributed by atoms with Crippen LogP contribution in [0.2, 0.25) is 0 Å². The maximum atomic E-state index is 12.7. The average molecular weight is 435 g/mol. The molecule has 0 saturated carbocycles. The molecule has 2 aliphatic rings. The van der Waals surface area contributed by atoms with Gasteiger partial charge < -0.3 is 15.5 Å². The molecule has 0 radical (unpaired) electrons. The van der Waals surface area contributed by atoms with Crippen LogP contribution in [-0.4, -0.2) is 70.5 Å². The van der Waals surface area contributed by atoms with Crippen molar-refractivity contribution in [2.75, 3.05) is 43.8 Å². The lowest BCUT2D eigenvalue weighted by Crippen LogP contribution is -2.47. The van der Waals surface area contributed by atoms with Gasteiger partial charge in [-0.25, -0.2) is 0 Å². The Balaban J connectivity index is 1.54. The predicted molar refractivity (Wildman–Crippen MR) is 123 cm³/mol. The van der Waals surface area contributed by atoms with E-state index < -0.39 is 0 Å². The SMILES string of the molecule is CCc1cccc(CC)c1NC(=O)CN1CCCN(C(=O)C2CSC(=S)N2)CC1. The smallest absolute Gasteiger partial charge is 0.246 e. The molecule has 8 heteroatoms. The first-order chi connectivity index (χ1) is 14.0. The number of aryl methyl sites for hydroxylation is 2. The zero-order chi connectivity index (χ0) is 20.8. The highest BCUT2D eigenvalue weighted by molar-refractivity contribution is 8.23. The molecule has 1 unspecified atom stereocenters. The number of carbonyl (C=O) groups is 2. The summed E-state index contributed by atoms with van der Waals surface area (Å²) < 4.78 is 0.704. The standard InChI is InChI=1S/C21H30N4O2S2/c1-3-15-7-5-8-16(4-2)19(15)23-18(26)13-24-9-6-10-25(12-11-24)20(27)17-14-29-21(28)22-17/h5,7-8,17H,3-4,6,9-14H2,1-2H3,(H,22,28)(H,23,26). The highest BCUT2D eigenvalue weighted by Gasteiger charge is 2.30. The van der Waals surface area contributed by atoms with Crippen LogP contribution in [0.1, 0.15) is 31.4 Å². The number of anilines is 1. The molecule has 2 fully saturated rings. The summed E-state index contributed by atoms with van der Waals surface area (Å²) in [4.78, 5) is 29.5. The second kappa shape index (κ2) is 10.4. The van der Waals surface area contributed by atoms with Gasteiger partial charge in [-0.1, -0.05) is 56.0 Å². The van der Waals surface area contributed by atoms with Crippen molar-refractivity contribution in [3.63, 3.8) is 0 Å². The molecular weight excluding hydrogens is 404 g/mol. The van der Waals surface area contributed by atoms with Crippen molar-refractivity contribution < 1.29 is 9.59 Å². The number of benzene rings is 1. The van der Waals surface area contributed by atoms with Gasteiger partial charge in [0.05, 0.1) is 6.54 Å². The van der Waals surface area contributed by atoms with Crippen LogP contribution in [-0.2, 0) is 22.4 Å². The summed E-state index contributed by atoms with van der Waals surface area (Å²) in [6.07, 6.45) is 2.65. The molecule has 1 aromatic carbocycles. The number of hydrogen-bond acceptors (Lipinski definition) is 5. The van der Waals surface area contributed by atoms with E-state index in [9.17, 15) is 9.59 Å². The van der Waals surface area contributed by atoms with Crippen LogP contribution >= 0.6 is 24.0 Å². The Hall–Kier alpha value is -1.64. The van der Waals surface area contributed by atoms with E-state index in [0.29, 0.717) is 29.7 Å². The third-order valence-electron chi connectivity index (χ3n) is 5.50. The lowest BCUT2D eigenvalue weighted by molar-refractivity contribution is -0.132. The van der Waals surface area contributed by atoms with E-state index in [0.717, 1.165) is 38.0 Å². The molecule has 0 spiro atoms. The molecule has 6 nitrogen and oxygen atoms in total. The average Bonchev–Trinajstić information content (AvgIpc) is 3.02. The monoisotopic (exact) mass is 434 g/mol. The lowest BCUT2D eigenvalue weighted by Gasteiger charge is -2.24. The number of hydrogen-bond donors (Lipinski definition) is 2. The fourth-order valence-electron chi connectivity index (χ4n) is 3.87. The van der Waals surface area contributed by atoms with Crippen LogP contribution in [0.15, 0.2) is 18.2 Å². The topological polar surface area (TPSA) is 64.7 Å². The molecule has 2 saturated heterocycles. The summed E-state index contributed by atoms with van der Waals surface area (Å²) in [5, 5.41) is 6.23. The van der Waals surface area contributed by atoms with Gasteiger partial charge in [0.15, 0.2) is 0 Å². The van der Waals surface area contributed by atoms with Gasteiger partial charge in [-0.3, -0.25) is 14.5 Å². The van der Waals surface area contributed by atoms with Crippen molar-refractivity contribution in [2.24, 2.45) is 0 Å². The van der Waals surface area contributed by atoms with Crippen LogP contribution in [0.5, 0.6) is 0 Å². The molecule has 1 atom stereocenters. The molecule has 0 aromatic heterocycles. The van der Waals surface area contributed by atoms with Crippen LogP contribution in [0.4, 0.5) is 5.69 Å². The second-order valence-electron chi connectivity index (χ2n) is 7.46. The van der Waals surface area contributed by atoms with Gasteiger partial charge in [0.1, 0.15) is 10.4 Å². The summed E-state index contributed by atoms with van der Waals surface area (Å²) in [5.41, 5.74) is 3.31. The third-order valence-corrected chi connectivity index (χ3v) is 6.85. The minimum atomic E-state index is -0.208. The summed E-state index contributed by atoms with van der Waals surface area (Å²) in [6, 6.07) is 5.99. The number of thioether (sulfide) groups is 1. The minimum absolute atomic E-state index is 0.0135. The number of carbonyl (C=O) groups excluding carboxylic acids is 2. The van der Waals surface area contributed by atoms with Crippen molar-refractivity contribution in [1.29, 1.82) is 0 Å². The van der Waals surface area contributed by atoms with Crippen LogP contribution < -0.4 is 10.6 Å². The first-order valence-electron chi connectivity index (χ1n) is 10.4. The van der Waals surface area contributed by atoms with Gasteiger partial charge in [0, 0.05) is 37.6 Å². The van der Waals surface area contributed by atoms with E-state index in [-0.39, 0.29) is 17.9 Å². The molecule has 2 amide bonds. The largest absolute Gasteiger partial charge is 0.359 e. The quantitative estimate of drug-likeness (QED) is 0.670. The zero-order valence-corrected chi connectivity index (χ0v) is 18.8. The van der Waals surface area contributed by atoms with Crippen molar-refractivity contribution in [2.45, 2.75) is 39.2 Å². The predicted octanol–water partition coefficient (Wildman–Crippen LogP) is 2.27. The number of amides is 2. The van der Waals surface area contributed by atoms with Crippen LogP contribution in [0, 0.1) is 0 Å². The van der Waals surface area contributed by atoms with Crippen molar-refractivity contribution in [3.8, 4) is 0 Å². The number of nitrogens with one attached hydrogen (secondary N) is 2. The van der Waals surface area contributed by atoms with E-state index in [1.54, 1.807) is 0 Å². The number of nitrogens with zero attached hydrogens (tertiary/aromatic N) is 2. The normalized spacial score (nSPS) is 20.3. The van der Waals surface area contributed by atoms with Gasteiger partial charge in [-0.05, 0) is 30.4 Å². The molecule has 2 heterocycles. The Bertz CT molecular complexity index is 749. The summed E-state index contributed by atoms with van der Waals surface area (Å²) in [6.45, 7) is 7.46. The Labute approximate surface area is 182 Å². The second-order valence-corrected chi connectivity index (χ2v) is 9.15. The highest BCUT2D eigenvalue weighted by Crippen LogP contribution is 2.22. The fraction of sp³-hybridized carbons (Fsp3) is 0.571. The number of thiocarbonyl (C=S) groups is 1. The van der Waals surface area contributed by atoms with Gasteiger partial charge in [-0.2, -0.15) is 0 Å². The minimum Gasteiger partial charge on any atom is -0.359 e. The van der Waals surface area contributed by atoms with Gasteiger partial charge in [0.2, 0.25) is 11.8 Å². The molecule has 3 rings (SSSR count). The van der Waals surface area contributed by atoms with Gasteiger partial charge >= 0.3 is 0 Å². The molecule has 0 bridgehead atoms. The molecule has 158 valence electrons. The Morgan fingerprint density at radius 3 is 2.52 bits per heavy atom. The first-order valence-corrected chi connectivity index (χ1v) is 11.8. The molecular formula is C21H30N4O2S2. The molecule has 1 aromatic rings. The summed E-state index contributed by atoms with van der Waals surface area (Å²) in [5.74, 6) is 0.837. The van der Waals surface area contributed by atoms with Crippen molar-refractivity contribution in [1.82, 2.24) is 15.1 Å². The van der Waals surface area contributed by atoms with Crippen LogP contribution in [0.25, 0.3) is 0 Å². The maximum Gasteiger partial charge on any atom is 0.246 e. The van der Waals surface area contributed by atoms with Crippen LogP contribution in [0.3, 0.4) is 0 Å². The van der Waals surface area contributed by atoms with Gasteiger partial charge in [-0.15, -0.1) is 0 Å². The molecule has 2 N–H and O–H groups in total. The van der Waals surface area contributed by atoms with E-state index in [4.69, 9.17) is 12.2 Å². The van der Waals surface area contributed by atoms with E-state index in [2.05, 4.69) is 47.6 Å². The molecule has 2 aliphatic heterocycles. The summed E-state index contributed by atoms with van der Waals surface area (Å²) in [7, 11) is 0. The lowest BCUT2D eigenvalue weighted by atomic mass is 10.0. The highest BCUT2D eigenvalue weighted by atomic mass is 32.2. The van der Waals surface area contributed by atoms with E-state index in [1.807, 2.05) is 4.90 Å². The van der Waals surface area contributed by atoms with E-state index >= 15 is 0 Å². The fourth-order valence-corrected chi connectivity index (χ4v) is 4.99. The molecule has 0 aliphatic carbocycles. The first kappa shape index (κ1) is 22.1. The Morgan fingerprint density at radius 2 is 1.90 bits per heavy atom. The van der Waals surface area contributed by atoms with Crippen molar-refractivity contribution >= 4 is 45.8 Å². The maximum absolute atomic E-state index is 12.7. The number of rotatable bonds is 6. The Kier molecular flexibility index (Phi) is 7.91. The third kappa shape index (κ3) is 5.71. The Morgan fingerprint density at radius 1 is 1.17 bits per heavy atom. The summed E-state index contributed by atoms with van der Waals surface area (Å²) >= 11 is 6.66. The van der Waals surface area contributed by atoms with E-state index in [1.165, 1.54) is 22.9 Å². The van der Waals surface area contributed by atoms with Crippen molar-refractivity contribution in [3.05, 3.63) is 29.3 Å². The van der Waals surface area contributed by atoms with Gasteiger partial charge in [0.25, 0.3) is 0 Å². The zero-order valence-electron chi connectivity index (χ0n) is 17.2.